The third-order valence-corrected chi connectivity index (χ3v) is 3.01. The van der Waals surface area contributed by atoms with E-state index in [-0.39, 0.29) is 6.04 Å². The van der Waals surface area contributed by atoms with Crippen LogP contribution < -0.4 is 10.1 Å². The molecule has 0 saturated heterocycles. The lowest BCUT2D eigenvalue weighted by molar-refractivity contribution is -0.137. The van der Waals surface area contributed by atoms with Gasteiger partial charge in [-0.3, -0.25) is 0 Å². The fourth-order valence-electron chi connectivity index (χ4n) is 1.63. The Morgan fingerprint density at radius 2 is 1.95 bits per heavy atom. The van der Waals surface area contributed by atoms with Crippen LogP contribution in [0.4, 0.5) is 13.2 Å². The average molecular weight is 299 g/mol. The maximum atomic E-state index is 12.5. The monoisotopic (exact) mass is 299 g/mol. The molecule has 0 aliphatic rings. The second-order valence-corrected chi connectivity index (χ2v) is 4.67. The van der Waals surface area contributed by atoms with Crippen molar-refractivity contribution in [2.75, 3.05) is 13.7 Å². The van der Waals surface area contributed by atoms with E-state index in [9.17, 15) is 13.2 Å². The molecule has 7 heteroatoms. The van der Waals surface area contributed by atoms with E-state index < -0.39 is 11.7 Å². The van der Waals surface area contributed by atoms with Crippen molar-refractivity contribution in [2.45, 2.75) is 19.1 Å². The van der Waals surface area contributed by atoms with Gasteiger partial charge in [0.2, 0.25) is 0 Å². The number of nitrogens with zero attached hydrogens (tertiary/aromatic N) is 2. The van der Waals surface area contributed by atoms with Crippen LogP contribution in [0.2, 0.25) is 0 Å². The number of nitrogens with one attached hydrogen (secondary N) is 1. The SMILES string of the molecule is CNC(C)COc1cnn(-c2ccc(C(F)(F)F)cc2)c1. The smallest absolute Gasteiger partial charge is 0.416 e. The minimum Gasteiger partial charge on any atom is -0.489 e. The van der Waals surface area contributed by atoms with E-state index in [4.69, 9.17) is 4.74 Å². The zero-order chi connectivity index (χ0) is 15.5. The molecule has 1 heterocycles. The topological polar surface area (TPSA) is 39.1 Å². The zero-order valence-corrected chi connectivity index (χ0v) is 11.7. The molecule has 0 amide bonds. The molecule has 114 valence electrons. The van der Waals surface area contributed by atoms with E-state index in [1.807, 2.05) is 14.0 Å². The Balaban J connectivity index is 2.07. The minimum absolute atomic E-state index is 0.194. The molecule has 1 aromatic carbocycles. The van der Waals surface area contributed by atoms with Gasteiger partial charge in [-0.1, -0.05) is 0 Å². The van der Waals surface area contributed by atoms with E-state index in [0.717, 1.165) is 12.1 Å². The highest BCUT2D eigenvalue weighted by Gasteiger charge is 2.30. The molecular weight excluding hydrogens is 283 g/mol. The summed E-state index contributed by atoms with van der Waals surface area (Å²) in [6, 6.07) is 4.99. The van der Waals surface area contributed by atoms with Crippen molar-refractivity contribution in [2.24, 2.45) is 0 Å². The molecule has 0 aliphatic heterocycles. The molecule has 0 radical (unpaired) electrons. The molecule has 2 aromatic rings. The molecule has 1 aromatic heterocycles. The third-order valence-electron chi connectivity index (χ3n) is 3.01. The van der Waals surface area contributed by atoms with Gasteiger partial charge in [-0.15, -0.1) is 0 Å². The van der Waals surface area contributed by atoms with Crippen molar-refractivity contribution in [3.8, 4) is 11.4 Å². The van der Waals surface area contributed by atoms with Crippen LogP contribution in [0.25, 0.3) is 5.69 Å². The number of halogens is 3. The lowest BCUT2D eigenvalue weighted by Crippen LogP contribution is -2.28. The molecule has 0 spiro atoms. The van der Waals surface area contributed by atoms with Crippen molar-refractivity contribution < 1.29 is 17.9 Å². The first-order chi connectivity index (χ1) is 9.90. The van der Waals surface area contributed by atoms with Crippen LogP contribution in [0.5, 0.6) is 5.75 Å². The van der Waals surface area contributed by atoms with Gasteiger partial charge in [0.05, 0.1) is 23.6 Å². The predicted octanol–water partition coefficient (Wildman–Crippen LogP) is 2.88. The van der Waals surface area contributed by atoms with E-state index in [1.165, 1.54) is 23.0 Å². The maximum Gasteiger partial charge on any atom is 0.416 e. The van der Waals surface area contributed by atoms with Crippen molar-refractivity contribution in [3.63, 3.8) is 0 Å². The van der Waals surface area contributed by atoms with Gasteiger partial charge >= 0.3 is 6.18 Å². The van der Waals surface area contributed by atoms with E-state index in [2.05, 4.69) is 10.4 Å². The Morgan fingerprint density at radius 1 is 1.29 bits per heavy atom. The summed E-state index contributed by atoms with van der Waals surface area (Å²) in [6.45, 7) is 2.45. The minimum atomic E-state index is -4.33. The fourth-order valence-corrected chi connectivity index (χ4v) is 1.63. The van der Waals surface area contributed by atoms with Crippen molar-refractivity contribution in [3.05, 3.63) is 42.2 Å². The first-order valence-electron chi connectivity index (χ1n) is 6.42. The first kappa shape index (κ1) is 15.4. The second kappa shape index (κ2) is 6.17. The van der Waals surface area contributed by atoms with Crippen LogP contribution in [-0.2, 0) is 6.18 Å². The van der Waals surface area contributed by atoms with Crippen LogP contribution >= 0.6 is 0 Å². The van der Waals surface area contributed by atoms with Crippen LogP contribution in [0.15, 0.2) is 36.7 Å². The van der Waals surface area contributed by atoms with E-state index in [1.54, 1.807) is 6.20 Å². The number of hydrogen-bond donors (Lipinski definition) is 1. The van der Waals surface area contributed by atoms with Crippen LogP contribution in [0.3, 0.4) is 0 Å². The summed E-state index contributed by atoms with van der Waals surface area (Å²) < 4.78 is 44.4. The lowest BCUT2D eigenvalue weighted by Gasteiger charge is -2.10. The molecule has 0 aliphatic carbocycles. The number of aromatic nitrogens is 2. The number of likely N-dealkylation sites (N-methyl/N-ethyl adjacent to an activating group) is 1. The molecule has 4 nitrogen and oxygen atoms in total. The fraction of sp³-hybridized carbons (Fsp3) is 0.357. The van der Waals surface area contributed by atoms with Gasteiger partial charge in [-0.05, 0) is 38.2 Å². The normalized spacial score (nSPS) is 13.2. The molecule has 21 heavy (non-hydrogen) atoms. The lowest BCUT2D eigenvalue weighted by atomic mass is 10.2. The largest absolute Gasteiger partial charge is 0.489 e. The van der Waals surface area contributed by atoms with E-state index in [0.29, 0.717) is 18.0 Å². The summed E-state index contributed by atoms with van der Waals surface area (Å²) in [4.78, 5) is 0. The van der Waals surface area contributed by atoms with Crippen molar-refractivity contribution >= 4 is 0 Å². The summed E-state index contributed by atoms with van der Waals surface area (Å²) in [7, 11) is 1.83. The van der Waals surface area contributed by atoms with Crippen LogP contribution in [0, 0.1) is 0 Å². The molecular formula is C14H16F3N3O. The van der Waals surface area contributed by atoms with Gasteiger partial charge in [-0.25, -0.2) is 4.68 Å². The van der Waals surface area contributed by atoms with Gasteiger partial charge in [0.25, 0.3) is 0 Å². The van der Waals surface area contributed by atoms with Gasteiger partial charge in [0.1, 0.15) is 6.61 Å². The summed E-state index contributed by atoms with van der Waals surface area (Å²) in [5, 5.41) is 7.11. The Kier molecular flexibility index (Phi) is 4.52. The number of benzene rings is 1. The third kappa shape index (κ3) is 3.98. The second-order valence-electron chi connectivity index (χ2n) is 4.67. The number of hydrogen-bond acceptors (Lipinski definition) is 3. The van der Waals surface area contributed by atoms with Crippen LogP contribution in [0.1, 0.15) is 12.5 Å². The summed E-state index contributed by atoms with van der Waals surface area (Å²) in [6.07, 6.45) is -1.18. The van der Waals surface area contributed by atoms with Gasteiger partial charge in [0.15, 0.2) is 5.75 Å². The summed E-state index contributed by atoms with van der Waals surface area (Å²) >= 11 is 0. The molecule has 1 unspecified atom stereocenters. The molecule has 1 atom stereocenters. The quantitative estimate of drug-likeness (QED) is 0.922. The molecule has 1 N–H and O–H groups in total. The highest BCUT2D eigenvalue weighted by atomic mass is 19.4. The number of ether oxygens (including phenoxy) is 1. The summed E-state index contributed by atoms with van der Waals surface area (Å²) in [5.74, 6) is 0.567. The number of alkyl halides is 3. The molecule has 2 rings (SSSR count). The standard InChI is InChI=1S/C14H16F3N3O/c1-10(18-2)9-21-13-7-19-20(8-13)12-5-3-11(4-6-12)14(15,16)17/h3-8,10,18H,9H2,1-2H3. The highest BCUT2D eigenvalue weighted by molar-refractivity contribution is 5.36. The average Bonchev–Trinajstić information content (AvgIpc) is 2.93. The van der Waals surface area contributed by atoms with Crippen molar-refractivity contribution in [1.82, 2.24) is 15.1 Å². The Labute approximate surface area is 120 Å². The molecule has 0 bridgehead atoms. The Bertz CT molecular complexity index is 578. The van der Waals surface area contributed by atoms with Crippen LogP contribution in [-0.4, -0.2) is 29.5 Å². The Hall–Kier alpha value is -2.02. The van der Waals surface area contributed by atoms with Gasteiger partial charge < -0.3 is 10.1 Å². The number of rotatable bonds is 5. The zero-order valence-electron chi connectivity index (χ0n) is 11.7. The van der Waals surface area contributed by atoms with Gasteiger partial charge in [0, 0.05) is 6.04 Å². The summed E-state index contributed by atoms with van der Waals surface area (Å²) in [5.41, 5.74) is -0.141. The van der Waals surface area contributed by atoms with Crippen molar-refractivity contribution in [1.29, 1.82) is 0 Å². The highest BCUT2D eigenvalue weighted by Crippen LogP contribution is 2.29. The predicted molar refractivity (Wildman–Crippen MR) is 72.6 cm³/mol. The first-order valence-corrected chi connectivity index (χ1v) is 6.42. The maximum absolute atomic E-state index is 12.5. The Morgan fingerprint density at radius 3 is 2.52 bits per heavy atom. The molecule has 0 saturated carbocycles. The molecule has 0 fully saturated rings. The van der Waals surface area contributed by atoms with E-state index >= 15 is 0 Å². The van der Waals surface area contributed by atoms with Gasteiger partial charge in [-0.2, -0.15) is 18.3 Å².